The topological polar surface area (TPSA) is 97.4 Å². The van der Waals surface area contributed by atoms with Gasteiger partial charge < -0.3 is 15.4 Å². The number of amides is 2. The zero-order valence-corrected chi connectivity index (χ0v) is 23.6. The fourth-order valence-corrected chi connectivity index (χ4v) is 4.19. The molecule has 0 aliphatic heterocycles. The van der Waals surface area contributed by atoms with Crippen molar-refractivity contribution < 1.29 is 19.1 Å². The molecule has 0 unspecified atom stereocenters. The molecule has 1 aromatic rings. The minimum atomic E-state index is -0.491. The Morgan fingerprint density at radius 3 is 2.08 bits per heavy atom. The first-order valence-electron chi connectivity index (χ1n) is 14.5. The Bertz CT molecular complexity index is 740. The van der Waals surface area contributed by atoms with Crippen molar-refractivity contribution in [1.29, 1.82) is 0 Å². The van der Waals surface area contributed by atoms with Gasteiger partial charge in [-0.3, -0.25) is 19.4 Å². The number of rotatable bonds is 22. The predicted octanol–water partition coefficient (Wildman–Crippen LogP) is 6.25. The Kier molecular flexibility index (Phi) is 19.0. The van der Waals surface area contributed by atoms with Gasteiger partial charge in [-0.1, -0.05) is 78.6 Å². The maximum absolute atomic E-state index is 12.7. The first-order chi connectivity index (χ1) is 17.9. The Hall–Kier alpha value is -2.44. The van der Waals surface area contributed by atoms with Crippen LogP contribution in [-0.2, 0) is 25.7 Å². The molecular weight excluding hydrogens is 466 g/mol. The van der Waals surface area contributed by atoms with Crippen LogP contribution < -0.4 is 10.6 Å². The summed E-state index contributed by atoms with van der Waals surface area (Å²) in [6.45, 7) is 7.14. The van der Waals surface area contributed by atoms with Gasteiger partial charge in [0.2, 0.25) is 11.8 Å². The molecule has 7 nitrogen and oxygen atoms in total. The summed E-state index contributed by atoms with van der Waals surface area (Å²) < 4.78 is 5.27. The van der Waals surface area contributed by atoms with Crippen LogP contribution in [0.15, 0.2) is 24.5 Å². The normalized spacial score (nSPS) is 11.8. The van der Waals surface area contributed by atoms with Crippen molar-refractivity contribution in [3.05, 3.63) is 30.1 Å². The molecule has 0 aliphatic carbocycles. The number of hydrogen-bond donors (Lipinski definition) is 2. The highest BCUT2D eigenvalue weighted by Gasteiger charge is 2.21. The van der Waals surface area contributed by atoms with Crippen LogP contribution in [0.4, 0.5) is 0 Å². The van der Waals surface area contributed by atoms with Crippen molar-refractivity contribution >= 4 is 17.8 Å². The third-order valence-electron chi connectivity index (χ3n) is 6.37. The Morgan fingerprint density at radius 2 is 1.43 bits per heavy atom. The van der Waals surface area contributed by atoms with Crippen LogP contribution >= 0.6 is 0 Å². The molecule has 37 heavy (non-hydrogen) atoms. The summed E-state index contributed by atoms with van der Waals surface area (Å²) in [5.41, 5.74) is 0.919. The van der Waals surface area contributed by atoms with Crippen molar-refractivity contribution in [3.63, 3.8) is 0 Å². The van der Waals surface area contributed by atoms with Crippen molar-refractivity contribution in [2.45, 2.75) is 130 Å². The van der Waals surface area contributed by atoms with Gasteiger partial charge in [0.15, 0.2) is 0 Å². The zero-order valence-electron chi connectivity index (χ0n) is 23.6. The van der Waals surface area contributed by atoms with Crippen LogP contribution in [0.25, 0.3) is 0 Å². The van der Waals surface area contributed by atoms with Crippen molar-refractivity contribution in [1.82, 2.24) is 15.6 Å². The molecule has 0 spiro atoms. The lowest BCUT2D eigenvalue weighted by Crippen LogP contribution is -2.47. The molecular formula is C30H51N3O4. The summed E-state index contributed by atoms with van der Waals surface area (Å²) >= 11 is 0. The van der Waals surface area contributed by atoms with E-state index in [-0.39, 0.29) is 24.4 Å². The molecule has 1 aromatic heterocycles. The fraction of sp³-hybridized carbons (Fsp3) is 0.733. The van der Waals surface area contributed by atoms with Gasteiger partial charge in [0.25, 0.3) is 0 Å². The Morgan fingerprint density at radius 1 is 0.838 bits per heavy atom. The molecule has 0 bridgehead atoms. The highest BCUT2D eigenvalue weighted by molar-refractivity contribution is 5.87. The van der Waals surface area contributed by atoms with Crippen molar-refractivity contribution in [2.75, 3.05) is 6.54 Å². The van der Waals surface area contributed by atoms with Gasteiger partial charge in [-0.15, -0.1) is 0 Å². The largest absolute Gasteiger partial charge is 0.461 e. The van der Waals surface area contributed by atoms with Crippen molar-refractivity contribution in [2.24, 2.45) is 5.92 Å². The second-order valence-electron chi connectivity index (χ2n) is 10.4. The molecule has 1 atom stereocenters. The number of unbranched alkanes of at least 4 members (excludes halogenated alkanes) is 10. The summed E-state index contributed by atoms with van der Waals surface area (Å²) in [4.78, 5) is 40.9. The summed E-state index contributed by atoms with van der Waals surface area (Å²) in [5, 5.41) is 5.91. The molecule has 0 fully saturated rings. The number of esters is 1. The summed E-state index contributed by atoms with van der Waals surface area (Å²) in [6, 6.07) is 3.15. The number of pyridine rings is 1. The number of nitrogens with one attached hydrogen (secondary N) is 2. The molecule has 0 aromatic carbocycles. The van der Waals surface area contributed by atoms with Crippen LogP contribution in [0, 0.1) is 5.92 Å². The summed E-state index contributed by atoms with van der Waals surface area (Å²) in [7, 11) is 0. The Balaban J connectivity index is 2.15. The average molecular weight is 518 g/mol. The summed E-state index contributed by atoms with van der Waals surface area (Å²) in [5.74, 6) is -0.0608. The standard InChI is InChI=1S/C30H51N3O4/c1-4-5-6-7-8-9-10-11-13-16-28(34)33-27(23-25(2)3)30(36)32-20-15-12-14-17-29(35)37-24-26-18-21-31-22-19-26/h18-19,21-22,25,27H,4-17,20,23-24H2,1-3H3,(H,32,36)(H,33,34)/t27-/m0/s1. The van der Waals surface area contributed by atoms with Gasteiger partial charge in [0.05, 0.1) is 0 Å². The minimum absolute atomic E-state index is 0.0333. The van der Waals surface area contributed by atoms with E-state index in [0.717, 1.165) is 37.7 Å². The molecule has 7 heteroatoms. The van der Waals surface area contributed by atoms with Gasteiger partial charge in [0, 0.05) is 31.8 Å². The van der Waals surface area contributed by atoms with E-state index < -0.39 is 6.04 Å². The number of carbonyl (C=O) groups is 3. The van der Waals surface area contributed by atoms with E-state index in [4.69, 9.17) is 4.74 Å². The van der Waals surface area contributed by atoms with E-state index >= 15 is 0 Å². The minimum Gasteiger partial charge on any atom is -0.461 e. The van der Waals surface area contributed by atoms with Crippen LogP contribution in [0.3, 0.4) is 0 Å². The quantitative estimate of drug-likeness (QED) is 0.140. The van der Waals surface area contributed by atoms with Gasteiger partial charge in [-0.2, -0.15) is 0 Å². The lowest BCUT2D eigenvalue weighted by atomic mass is 10.0. The highest BCUT2D eigenvalue weighted by atomic mass is 16.5. The van der Waals surface area contributed by atoms with Gasteiger partial charge in [-0.25, -0.2) is 0 Å². The molecule has 0 saturated carbocycles. The smallest absolute Gasteiger partial charge is 0.306 e. The maximum Gasteiger partial charge on any atom is 0.306 e. The van der Waals surface area contributed by atoms with Gasteiger partial charge >= 0.3 is 5.97 Å². The summed E-state index contributed by atoms with van der Waals surface area (Å²) in [6.07, 6.45) is 18.1. The molecule has 0 radical (unpaired) electrons. The van der Waals surface area contributed by atoms with Crippen LogP contribution in [0.2, 0.25) is 0 Å². The lowest BCUT2D eigenvalue weighted by molar-refractivity contribution is -0.145. The average Bonchev–Trinajstić information content (AvgIpc) is 2.88. The van der Waals surface area contributed by atoms with E-state index in [9.17, 15) is 14.4 Å². The zero-order chi connectivity index (χ0) is 27.1. The molecule has 0 aliphatic rings. The van der Waals surface area contributed by atoms with Crippen LogP contribution in [0.1, 0.15) is 123 Å². The fourth-order valence-electron chi connectivity index (χ4n) is 4.19. The predicted molar refractivity (Wildman–Crippen MR) is 149 cm³/mol. The van der Waals surface area contributed by atoms with Gasteiger partial charge in [0.1, 0.15) is 12.6 Å². The first kappa shape index (κ1) is 32.6. The van der Waals surface area contributed by atoms with Crippen LogP contribution in [-0.4, -0.2) is 35.4 Å². The molecule has 1 rings (SSSR count). The van der Waals surface area contributed by atoms with E-state index in [1.165, 1.54) is 44.9 Å². The van der Waals surface area contributed by atoms with E-state index in [1.54, 1.807) is 12.4 Å². The molecule has 0 saturated heterocycles. The molecule has 2 N–H and O–H groups in total. The second-order valence-corrected chi connectivity index (χ2v) is 10.4. The maximum atomic E-state index is 12.7. The van der Waals surface area contributed by atoms with E-state index in [0.29, 0.717) is 31.7 Å². The van der Waals surface area contributed by atoms with Gasteiger partial charge in [-0.05, 0) is 49.3 Å². The van der Waals surface area contributed by atoms with E-state index in [2.05, 4.69) is 36.4 Å². The SMILES string of the molecule is CCCCCCCCCCCC(=O)N[C@@H](CC(C)C)C(=O)NCCCCCC(=O)OCc1ccncc1. The number of ether oxygens (including phenoxy) is 1. The lowest BCUT2D eigenvalue weighted by Gasteiger charge is -2.20. The number of carbonyl (C=O) groups excluding carboxylic acids is 3. The number of aromatic nitrogens is 1. The number of nitrogens with zero attached hydrogens (tertiary/aromatic N) is 1. The molecule has 1 heterocycles. The Labute approximate surface area is 224 Å². The monoisotopic (exact) mass is 517 g/mol. The van der Waals surface area contributed by atoms with E-state index in [1.807, 2.05) is 12.1 Å². The highest BCUT2D eigenvalue weighted by Crippen LogP contribution is 2.11. The second kappa shape index (κ2) is 21.6. The van der Waals surface area contributed by atoms with Crippen molar-refractivity contribution in [3.8, 4) is 0 Å². The third kappa shape index (κ3) is 18.5. The third-order valence-corrected chi connectivity index (χ3v) is 6.37. The first-order valence-corrected chi connectivity index (χ1v) is 14.5. The number of hydrogen-bond acceptors (Lipinski definition) is 5. The molecule has 210 valence electrons. The van der Waals surface area contributed by atoms with Crippen LogP contribution in [0.5, 0.6) is 0 Å². The molecule has 2 amide bonds.